The number of hydrogen-bond donors (Lipinski definition) is 0. The van der Waals surface area contributed by atoms with Gasteiger partial charge < -0.3 is 4.74 Å². The van der Waals surface area contributed by atoms with Crippen molar-refractivity contribution in [3.05, 3.63) is 71.8 Å². The first-order valence-corrected chi connectivity index (χ1v) is 11.9. The van der Waals surface area contributed by atoms with Crippen LogP contribution in [-0.4, -0.2) is 37.9 Å². The Balaban J connectivity index is 1.36. The number of nitrogens with zero attached hydrogens (tertiary/aromatic N) is 2. The molecule has 2 aliphatic heterocycles. The van der Waals surface area contributed by atoms with Crippen molar-refractivity contribution in [1.29, 1.82) is 0 Å². The lowest BCUT2D eigenvalue weighted by molar-refractivity contribution is 0.135. The van der Waals surface area contributed by atoms with Gasteiger partial charge >= 0.3 is 6.09 Å². The van der Waals surface area contributed by atoms with Crippen molar-refractivity contribution in [2.24, 2.45) is 0 Å². The first-order chi connectivity index (χ1) is 14.9. The maximum Gasteiger partial charge on any atom is 0.414 e. The molecule has 160 valence electrons. The number of sulfonamides is 1. The fourth-order valence-electron chi connectivity index (χ4n) is 4.54. The molecule has 0 radical (unpaired) electrons. The number of cyclic esters (lactones) is 1. The largest absolute Gasteiger partial charge is 0.444 e. The Labute approximate surface area is 182 Å². The normalized spacial score (nSPS) is 18.1. The molecule has 1 amide bonds. The highest BCUT2D eigenvalue weighted by molar-refractivity contribution is 7.89. The molecule has 0 spiro atoms. The summed E-state index contributed by atoms with van der Waals surface area (Å²) in [4.78, 5) is 14.6. The zero-order chi connectivity index (χ0) is 21.6. The summed E-state index contributed by atoms with van der Waals surface area (Å²) < 4.78 is 33.4. The van der Waals surface area contributed by atoms with E-state index in [4.69, 9.17) is 4.74 Å². The highest BCUT2D eigenvalue weighted by Gasteiger charge is 2.37. The van der Waals surface area contributed by atoms with Crippen molar-refractivity contribution < 1.29 is 17.9 Å². The quantitative estimate of drug-likeness (QED) is 0.608. The van der Waals surface area contributed by atoms with Gasteiger partial charge in [-0.2, -0.15) is 4.31 Å². The lowest BCUT2D eigenvalue weighted by atomic mass is 10.0. The Morgan fingerprint density at radius 3 is 2.45 bits per heavy atom. The third-order valence-corrected chi connectivity index (χ3v) is 8.08. The monoisotopic (exact) mass is 436 g/mol. The molecule has 1 fully saturated rings. The first-order valence-electron chi connectivity index (χ1n) is 10.5. The van der Waals surface area contributed by atoms with E-state index in [1.165, 1.54) is 4.31 Å². The van der Waals surface area contributed by atoms with E-state index in [2.05, 4.69) is 0 Å². The number of ether oxygens (including phenoxy) is 1. The van der Waals surface area contributed by atoms with Gasteiger partial charge in [-0.15, -0.1) is 0 Å². The van der Waals surface area contributed by atoms with E-state index < -0.39 is 10.0 Å². The third-order valence-electron chi connectivity index (χ3n) is 6.19. The lowest BCUT2D eigenvalue weighted by Gasteiger charge is -2.39. The van der Waals surface area contributed by atoms with Crippen molar-refractivity contribution in [2.75, 3.05) is 18.0 Å². The predicted molar refractivity (Wildman–Crippen MR) is 120 cm³/mol. The van der Waals surface area contributed by atoms with Crippen molar-refractivity contribution in [1.82, 2.24) is 4.31 Å². The van der Waals surface area contributed by atoms with Gasteiger partial charge in [0.2, 0.25) is 10.0 Å². The van der Waals surface area contributed by atoms with Crippen LogP contribution in [0.5, 0.6) is 0 Å². The Bertz CT molecular complexity index is 1260. The number of rotatable bonds is 3. The molecule has 1 saturated heterocycles. The van der Waals surface area contributed by atoms with E-state index in [-0.39, 0.29) is 18.7 Å². The van der Waals surface area contributed by atoms with Gasteiger partial charge in [-0.05, 0) is 48.7 Å². The van der Waals surface area contributed by atoms with Gasteiger partial charge in [0.15, 0.2) is 0 Å². The minimum absolute atomic E-state index is 0.0858. The second kappa shape index (κ2) is 7.66. The van der Waals surface area contributed by atoms with Gasteiger partial charge in [0.05, 0.1) is 10.6 Å². The minimum Gasteiger partial charge on any atom is -0.444 e. The zero-order valence-corrected chi connectivity index (χ0v) is 18.1. The Hall–Kier alpha value is -2.90. The number of carbonyl (C=O) groups excluding carboxylic acids is 1. The SMILES string of the molecule is Cc1ccc2c(c1)COC(=O)N2C1CCN(S(=O)(=O)c2ccc3ccccc3c2)CC1. The van der Waals surface area contributed by atoms with Crippen LogP contribution in [0.4, 0.5) is 10.5 Å². The highest BCUT2D eigenvalue weighted by atomic mass is 32.2. The van der Waals surface area contributed by atoms with E-state index in [9.17, 15) is 13.2 Å². The average molecular weight is 437 g/mol. The van der Waals surface area contributed by atoms with Crippen LogP contribution in [-0.2, 0) is 21.4 Å². The molecule has 5 rings (SSSR count). The fraction of sp³-hybridized carbons (Fsp3) is 0.292. The lowest BCUT2D eigenvalue weighted by Crippen LogP contribution is -2.50. The zero-order valence-electron chi connectivity index (χ0n) is 17.3. The maximum absolute atomic E-state index is 13.2. The molecule has 2 aliphatic rings. The predicted octanol–water partition coefficient (Wildman–Crippen LogP) is 4.46. The van der Waals surface area contributed by atoms with E-state index in [0.29, 0.717) is 30.8 Å². The Morgan fingerprint density at radius 2 is 1.68 bits per heavy atom. The van der Waals surface area contributed by atoms with E-state index in [1.807, 2.05) is 55.5 Å². The molecule has 3 aromatic rings. The van der Waals surface area contributed by atoms with Gasteiger partial charge in [0.25, 0.3) is 0 Å². The molecule has 2 heterocycles. The molecule has 31 heavy (non-hydrogen) atoms. The number of piperidine rings is 1. The van der Waals surface area contributed by atoms with Crippen LogP contribution < -0.4 is 4.90 Å². The molecule has 0 aromatic heterocycles. The fourth-order valence-corrected chi connectivity index (χ4v) is 6.04. The van der Waals surface area contributed by atoms with Crippen molar-refractivity contribution in [3.63, 3.8) is 0 Å². The van der Waals surface area contributed by atoms with Crippen LogP contribution in [0, 0.1) is 6.92 Å². The van der Waals surface area contributed by atoms with Crippen LogP contribution >= 0.6 is 0 Å². The summed E-state index contributed by atoms with van der Waals surface area (Å²) in [5.74, 6) is 0. The summed E-state index contributed by atoms with van der Waals surface area (Å²) >= 11 is 0. The maximum atomic E-state index is 13.2. The van der Waals surface area contributed by atoms with Gasteiger partial charge in [0, 0.05) is 24.7 Å². The molecule has 0 unspecified atom stereocenters. The third kappa shape index (κ3) is 3.58. The smallest absolute Gasteiger partial charge is 0.414 e. The Kier molecular flexibility index (Phi) is 4.95. The number of hydrogen-bond acceptors (Lipinski definition) is 4. The average Bonchev–Trinajstić information content (AvgIpc) is 2.79. The standard InChI is InChI=1S/C24H24N2O4S/c1-17-6-9-23-20(14-17)16-30-24(27)26(23)21-10-12-25(13-11-21)31(28,29)22-8-7-18-4-2-3-5-19(18)15-22/h2-9,14-15,21H,10-13,16H2,1H3. The number of aryl methyl sites for hydroxylation is 1. The summed E-state index contributed by atoms with van der Waals surface area (Å²) in [6.07, 6.45) is 0.775. The summed E-state index contributed by atoms with van der Waals surface area (Å²) in [5, 5.41) is 1.92. The molecule has 0 aliphatic carbocycles. The molecule has 6 nitrogen and oxygen atoms in total. The van der Waals surface area contributed by atoms with Crippen LogP contribution in [0.2, 0.25) is 0 Å². The topological polar surface area (TPSA) is 66.9 Å². The van der Waals surface area contributed by atoms with Crippen molar-refractivity contribution >= 4 is 32.6 Å². The number of amides is 1. The minimum atomic E-state index is -3.59. The van der Waals surface area contributed by atoms with E-state index in [0.717, 1.165) is 27.6 Å². The first kappa shape index (κ1) is 20.0. The van der Waals surface area contributed by atoms with E-state index >= 15 is 0 Å². The second-order valence-corrected chi connectivity index (χ2v) is 10.1. The van der Waals surface area contributed by atoms with Crippen molar-refractivity contribution in [3.8, 4) is 0 Å². The number of benzene rings is 3. The molecule has 0 N–H and O–H groups in total. The molecular weight excluding hydrogens is 412 g/mol. The summed E-state index contributed by atoms with van der Waals surface area (Å²) in [6, 6.07) is 18.9. The molecule has 7 heteroatoms. The molecule has 0 saturated carbocycles. The van der Waals surface area contributed by atoms with Gasteiger partial charge in [-0.3, -0.25) is 4.90 Å². The molecule has 0 atom stereocenters. The number of anilines is 1. The van der Waals surface area contributed by atoms with Gasteiger partial charge in [-0.25, -0.2) is 13.2 Å². The summed E-state index contributed by atoms with van der Waals surface area (Å²) in [7, 11) is -3.59. The summed E-state index contributed by atoms with van der Waals surface area (Å²) in [6.45, 7) is 3.02. The van der Waals surface area contributed by atoms with E-state index in [1.54, 1.807) is 17.0 Å². The second-order valence-electron chi connectivity index (χ2n) is 8.20. The van der Waals surface area contributed by atoms with Crippen LogP contribution in [0.25, 0.3) is 10.8 Å². The summed E-state index contributed by atoms with van der Waals surface area (Å²) in [5.41, 5.74) is 2.98. The number of carbonyl (C=O) groups is 1. The van der Waals surface area contributed by atoms with Crippen molar-refractivity contribution in [2.45, 2.75) is 37.3 Å². The van der Waals surface area contributed by atoms with Crippen LogP contribution in [0.1, 0.15) is 24.0 Å². The van der Waals surface area contributed by atoms with Gasteiger partial charge in [-0.1, -0.05) is 48.0 Å². The number of fused-ring (bicyclic) bond motifs is 2. The Morgan fingerprint density at radius 1 is 0.935 bits per heavy atom. The van der Waals surface area contributed by atoms with Crippen LogP contribution in [0.15, 0.2) is 65.6 Å². The molecule has 0 bridgehead atoms. The highest BCUT2D eigenvalue weighted by Crippen LogP contribution is 2.33. The molecular formula is C24H24N2O4S. The molecule has 3 aromatic carbocycles. The van der Waals surface area contributed by atoms with Gasteiger partial charge in [0.1, 0.15) is 6.61 Å². The van der Waals surface area contributed by atoms with Crippen LogP contribution in [0.3, 0.4) is 0 Å².